The molecular formula is C21H32N4O2. The van der Waals surface area contributed by atoms with E-state index in [0.717, 1.165) is 50.2 Å². The Morgan fingerprint density at radius 3 is 2.33 bits per heavy atom. The molecule has 0 saturated carbocycles. The molecule has 1 saturated heterocycles. The van der Waals surface area contributed by atoms with Crippen LogP contribution in [0.4, 0.5) is 5.82 Å². The van der Waals surface area contributed by atoms with E-state index in [-0.39, 0.29) is 5.91 Å². The summed E-state index contributed by atoms with van der Waals surface area (Å²) in [5.41, 5.74) is 1.15. The molecule has 0 spiro atoms. The fourth-order valence-electron chi connectivity index (χ4n) is 3.91. The summed E-state index contributed by atoms with van der Waals surface area (Å²) in [7, 11) is 0. The molecule has 0 bridgehead atoms. The van der Waals surface area contributed by atoms with Gasteiger partial charge in [-0.3, -0.25) is 4.79 Å². The van der Waals surface area contributed by atoms with Gasteiger partial charge in [-0.25, -0.2) is 9.97 Å². The zero-order chi connectivity index (χ0) is 19.6. The van der Waals surface area contributed by atoms with Gasteiger partial charge in [0.15, 0.2) is 0 Å². The first-order chi connectivity index (χ1) is 12.9. The van der Waals surface area contributed by atoms with Crippen molar-refractivity contribution in [3.05, 3.63) is 17.7 Å². The first-order valence-electron chi connectivity index (χ1n) is 10.2. The van der Waals surface area contributed by atoms with Crippen LogP contribution in [0.25, 0.3) is 11.1 Å². The molecule has 0 radical (unpaired) electrons. The number of furan rings is 1. The normalized spacial score (nSPS) is 15.1. The van der Waals surface area contributed by atoms with E-state index in [4.69, 9.17) is 4.42 Å². The van der Waals surface area contributed by atoms with E-state index < -0.39 is 0 Å². The molecule has 2 aromatic heterocycles. The van der Waals surface area contributed by atoms with Gasteiger partial charge in [0.05, 0.1) is 10.9 Å². The average molecular weight is 373 g/mol. The lowest BCUT2D eigenvalue weighted by atomic mass is 10.1. The molecule has 6 nitrogen and oxygen atoms in total. The summed E-state index contributed by atoms with van der Waals surface area (Å²) in [6.07, 6.45) is 5.10. The van der Waals surface area contributed by atoms with Crippen molar-refractivity contribution in [2.24, 2.45) is 11.8 Å². The van der Waals surface area contributed by atoms with Gasteiger partial charge in [-0.2, -0.15) is 0 Å². The van der Waals surface area contributed by atoms with E-state index in [1.54, 1.807) is 6.33 Å². The largest absolute Gasteiger partial charge is 0.442 e. The third kappa shape index (κ3) is 4.25. The Hall–Kier alpha value is -2.11. The summed E-state index contributed by atoms with van der Waals surface area (Å²) >= 11 is 0. The predicted molar refractivity (Wildman–Crippen MR) is 108 cm³/mol. The van der Waals surface area contributed by atoms with Gasteiger partial charge in [0.1, 0.15) is 17.9 Å². The lowest BCUT2D eigenvalue weighted by Crippen LogP contribution is -2.37. The number of piperidine rings is 1. The highest BCUT2D eigenvalue weighted by molar-refractivity contribution is 6.10. The van der Waals surface area contributed by atoms with Gasteiger partial charge >= 0.3 is 0 Å². The molecule has 0 aliphatic carbocycles. The molecule has 2 aromatic rings. The minimum absolute atomic E-state index is 0.0294. The van der Waals surface area contributed by atoms with Crippen LogP contribution in [0, 0.1) is 18.8 Å². The second kappa shape index (κ2) is 8.28. The van der Waals surface area contributed by atoms with Crippen molar-refractivity contribution < 1.29 is 9.21 Å². The van der Waals surface area contributed by atoms with Crippen molar-refractivity contribution >= 4 is 22.8 Å². The van der Waals surface area contributed by atoms with Gasteiger partial charge in [0, 0.05) is 26.2 Å². The van der Waals surface area contributed by atoms with Crippen LogP contribution in [0.5, 0.6) is 0 Å². The van der Waals surface area contributed by atoms with Crippen LogP contribution in [0.15, 0.2) is 10.7 Å². The maximum Gasteiger partial charge on any atom is 0.258 e. The third-order valence-electron chi connectivity index (χ3n) is 4.97. The second-order valence-corrected chi connectivity index (χ2v) is 8.46. The molecule has 0 N–H and O–H groups in total. The fraction of sp³-hybridized carbons (Fsp3) is 0.667. The summed E-state index contributed by atoms with van der Waals surface area (Å²) in [6.45, 7) is 13.8. The van der Waals surface area contributed by atoms with E-state index in [2.05, 4.69) is 42.6 Å². The number of fused-ring (bicyclic) bond motifs is 1. The lowest BCUT2D eigenvalue weighted by molar-refractivity contribution is 0.0715. The zero-order valence-corrected chi connectivity index (χ0v) is 17.3. The van der Waals surface area contributed by atoms with Crippen LogP contribution < -0.4 is 4.90 Å². The second-order valence-electron chi connectivity index (χ2n) is 8.46. The smallest absolute Gasteiger partial charge is 0.258 e. The predicted octanol–water partition coefficient (Wildman–Crippen LogP) is 4.28. The molecular weight excluding hydrogens is 340 g/mol. The van der Waals surface area contributed by atoms with Gasteiger partial charge in [-0.15, -0.1) is 0 Å². The molecule has 1 amide bonds. The molecule has 0 atom stereocenters. The summed E-state index contributed by atoms with van der Waals surface area (Å²) < 4.78 is 5.89. The van der Waals surface area contributed by atoms with Crippen LogP contribution in [0.3, 0.4) is 0 Å². The van der Waals surface area contributed by atoms with E-state index in [0.29, 0.717) is 28.9 Å². The molecule has 1 fully saturated rings. The number of anilines is 1. The van der Waals surface area contributed by atoms with Crippen molar-refractivity contribution in [1.29, 1.82) is 0 Å². The highest BCUT2D eigenvalue weighted by Crippen LogP contribution is 2.33. The monoisotopic (exact) mass is 372 g/mol. The summed E-state index contributed by atoms with van der Waals surface area (Å²) in [5.74, 6) is 2.31. The topological polar surface area (TPSA) is 62.5 Å². The van der Waals surface area contributed by atoms with Gasteiger partial charge < -0.3 is 14.2 Å². The Balaban J connectivity index is 2.06. The standard InChI is InChI=1S/C21H32N4O2/c1-14(2)11-25(12-15(3)4)21(26)17-16(5)27-20-18(17)19(22-13-23-20)24-9-7-6-8-10-24/h13-15H,6-12H2,1-5H3. The number of hydrogen-bond acceptors (Lipinski definition) is 5. The minimum Gasteiger partial charge on any atom is -0.442 e. The highest BCUT2D eigenvalue weighted by Gasteiger charge is 2.29. The van der Waals surface area contributed by atoms with Crippen molar-refractivity contribution in [2.75, 3.05) is 31.1 Å². The maximum atomic E-state index is 13.5. The van der Waals surface area contributed by atoms with Gasteiger partial charge in [0.2, 0.25) is 5.71 Å². The molecule has 0 unspecified atom stereocenters. The molecule has 6 heteroatoms. The van der Waals surface area contributed by atoms with Crippen LogP contribution in [-0.4, -0.2) is 47.0 Å². The highest BCUT2D eigenvalue weighted by atomic mass is 16.3. The maximum absolute atomic E-state index is 13.5. The molecule has 1 aliphatic heterocycles. The molecule has 3 heterocycles. The minimum atomic E-state index is 0.0294. The number of amides is 1. The number of aromatic nitrogens is 2. The summed E-state index contributed by atoms with van der Waals surface area (Å²) in [6, 6.07) is 0. The number of nitrogens with zero attached hydrogens (tertiary/aromatic N) is 4. The number of aryl methyl sites for hydroxylation is 1. The Bertz CT molecular complexity index is 781. The first kappa shape index (κ1) is 19.6. The lowest BCUT2D eigenvalue weighted by Gasteiger charge is -2.29. The Kier molecular flexibility index (Phi) is 6.02. The molecule has 3 rings (SSSR count). The van der Waals surface area contributed by atoms with Crippen molar-refractivity contribution in [1.82, 2.24) is 14.9 Å². The molecule has 1 aliphatic rings. The molecule has 0 aromatic carbocycles. The Morgan fingerprint density at radius 1 is 1.11 bits per heavy atom. The van der Waals surface area contributed by atoms with Crippen LogP contribution >= 0.6 is 0 Å². The Morgan fingerprint density at radius 2 is 1.74 bits per heavy atom. The number of carbonyl (C=O) groups is 1. The van der Waals surface area contributed by atoms with E-state index in [1.165, 1.54) is 6.42 Å². The fourth-order valence-corrected chi connectivity index (χ4v) is 3.91. The van der Waals surface area contributed by atoms with Gasteiger partial charge in [0.25, 0.3) is 5.91 Å². The SMILES string of the molecule is Cc1oc2ncnc(N3CCCCC3)c2c1C(=O)N(CC(C)C)CC(C)C. The quantitative estimate of drug-likeness (QED) is 0.757. The number of carbonyl (C=O) groups excluding carboxylic acids is 1. The summed E-state index contributed by atoms with van der Waals surface area (Å²) in [5, 5.41) is 0.777. The van der Waals surface area contributed by atoms with Crippen molar-refractivity contribution in [3.63, 3.8) is 0 Å². The van der Waals surface area contributed by atoms with Crippen molar-refractivity contribution in [2.45, 2.75) is 53.9 Å². The first-order valence-corrected chi connectivity index (χ1v) is 10.2. The third-order valence-corrected chi connectivity index (χ3v) is 4.97. The van der Waals surface area contributed by atoms with Crippen LogP contribution in [-0.2, 0) is 0 Å². The van der Waals surface area contributed by atoms with Gasteiger partial charge in [-0.1, -0.05) is 27.7 Å². The Labute approximate surface area is 161 Å². The van der Waals surface area contributed by atoms with E-state index in [1.807, 2.05) is 11.8 Å². The van der Waals surface area contributed by atoms with E-state index >= 15 is 0 Å². The van der Waals surface area contributed by atoms with E-state index in [9.17, 15) is 4.79 Å². The molecule has 27 heavy (non-hydrogen) atoms. The number of rotatable bonds is 6. The van der Waals surface area contributed by atoms with Crippen LogP contribution in [0.2, 0.25) is 0 Å². The van der Waals surface area contributed by atoms with Crippen molar-refractivity contribution in [3.8, 4) is 0 Å². The summed E-state index contributed by atoms with van der Waals surface area (Å²) in [4.78, 5) is 26.6. The van der Waals surface area contributed by atoms with Gasteiger partial charge in [-0.05, 0) is 38.0 Å². The zero-order valence-electron chi connectivity index (χ0n) is 17.3. The van der Waals surface area contributed by atoms with Crippen LogP contribution in [0.1, 0.15) is 63.1 Å². The number of hydrogen-bond donors (Lipinski definition) is 0. The average Bonchev–Trinajstić information content (AvgIpc) is 2.96. The molecule has 148 valence electrons.